The number of amides is 2. The second kappa shape index (κ2) is 3.79. The maximum absolute atomic E-state index is 11.5. The third-order valence-corrected chi connectivity index (χ3v) is 3.95. The molecule has 3 heteroatoms. The highest BCUT2D eigenvalue weighted by Crippen LogP contribution is 2.33. The summed E-state index contributed by atoms with van der Waals surface area (Å²) in [5.41, 5.74) is 0. The van der Waals surface area contributed by atoms with Crippen LogP contribution in [0.3, 0.4) is 0 Å². The lowest BCUT2D eigenvalue weighted by Gasteiger charge is -2.39. The highest BCUT2D eigenvalue weighted by Gasteiger charge is 2.35. The number of hydrogen-bond donors (Lipinski definition) is 1. The largest absolute Gasteiger partial charge is 0.336 e. The van der Waals surface area contributed by atoms with Crippen LogP contribution in [0.4, 0.5) is 4.79 Å². The number of carbonyl (C=O) groups excluding carboxylic acids is 1. The van der Waals surface area contributed by atoms with Crippen LogP contribution in [0.2, 0.25) is 0 Å². The van der Waals surface area contributed by atoms with Crippen LogP contribution >= 0.6 is 0 Å². The molecule has 2 amide bonds. The van der Waals surface area contributed by atoms with Crippen LogP contribution in [0.25, 0.3) is 0 Å². The Morgan fingerprint density at radius 2 is 2.14 bits per heavy atom. The van der Waals surface area contributed by atoms with Crippen molar-refractivity contribution in [3.8, 4) is 0 Å². The molecule has 1 saturated heterocycles. The molecule has 1 aliphatic heterocycles. The van der Waals surface area contributed by atoms with E-state index in [1.54, 1.807) is 0 Å². The van der Waals surface area contributed by atoms with Gasteiger partial charge in [0.1, 0.15) is 0 Å². The number of carbonyl (C=O) groups is 1. The van der Waals surface area contributed by atoms with Gasteiger partial charge in [-0.05, 0) is 18.3 Å². The molecule has 3 nitrogen and oxygen atoms in total. The fourth-order valence-corrected chi connectivity index (χ4v) is 2.80. The molecule has 3 unspecified atom stereocenters. The molecule has 1 saturated carbocycles. The van der Waals surface area contributed by atoms with Gasteiger partial charge in [0.2, 0.25) is 0 Å². The molecule has 3 atom stereocenters. The Morgan fingerprint density at radius 3 is 2.79 bits per heavy atom. The fourth-order valence-electron chi connectivity index (χ4n) is 2.80. The van der Waals surface area contributed by atoms with Crippen molar-refractivity contribution in [1.82, 2.24) is 10.2 Å². The lowest BCUT2D eigenvalue weighted by atomic mass is 9.77. The molecular weight excluding hydrogens is 176 g/mol. The summed E-state index contributed by atoms with van der Waals surface area (Å²) in [5, 5.41) is 2.89. The highest BCUT2D eigenvalue weighted by molar-refractivity contribution is 5.76. The molecule has 14 heavy (non-hydrogen) atoms. The Balaban J connectivity index is 2.05. The van der Waals surface area contributed by atoms with E-state index in [9.17, 15) is 4.79 Å². The van der Waals surface area contributed by atoms with Gasteiger partial charge in [-0.1, -0.05) is 26.7 Å². The molecule has 0 bridgehead atoms. The molecule has 0 radical (unpaired) electrons. The van der Waals surface area contributed by atoms with Gasteiger partial charge in [-0.3, -0.25) is 0 Å². The molecule has 1 N–H and O–H groups in total. The van der Waals surface area contributed by atoms with Crippen molar-refractivity contribution >= 4 is 6.03 Å². The zero-order valence-electron chi connectivity index (χ0n) is 9.12. The van der Waals surface area contributed by atoms with Gasteiger partial charge in [-0.25, -0.2) is 4.79 Å². The second-order valence-electron chi connectivity index (χ2n) is 4.76. The van der Waals surface area contributed by atoms with Crippen molar-refractivity contribution in [2.24, 2.45) is 11.8 Å². The normalized spacial score (nSPS) is 38.6. The van der Waals surface area contributed by atoms with Crippen LogP contribution < -0.4 is 5.32 Å². The van der Waals surface area contributed by atoms with Gasteiger partial charge in [0.25, 0.3) is 0 Å². The van der Waals surface area contributed by atoms with E-state index < -0.39 is 0 Å². The molecule has 80 valence electrons. The lowest BCUT2D eigenvalue weighted by Crippen LogP contribution is -2.45. The molecule has 0 aromatic carbocycles. The molecule has 0 aromatic heterocycles. The van der Waals surface area contributed by atoms with Crippen molar-refractivity contribution in [1.29, 1.82) is 0 Å². The standard InChI is InChI=1S/C11H20N2O/c1-8-4-3-5-10(9(8)2)13-7-6-12-11(13)14/h8-10H,3-7H2,1-2H3,(H,12,14). The van der Waals surface area contributed by atoms with Crippen molar-refractivity contribution in [2.45, 2.75) is 39.2 Å². The first-order valence-electron chi connectivity index (χ1n) is 5.74. The SMILES string of the molecule is CC1CCCC(N2CCNC2=O)C1C. The molecule has 1 heterocycles. The average molecular weight is 196 g/mol. The summed E-state index contributed by atoms with van der Waals surface area (Å²) in [6, 6.07) is 0.636. The van der Waals surface area contributed by atoms with E-state index in [1.807, 2.05) is 4.90 Å². The Hall–Kier alpha value is -0.730. The summed E-state index contributed by atoms with van der Waals surface area (Å²) in [5.74, 6) is 1.43. The van der Waals surface area contributed by atoms with Crippen LogP contribution in [-0.4, -0.2) is 30.1 Å². The van der Waals surface area contributed by atoms with Gasteiger partial charge in [-0.2, -0.15) is 0 Å². The summed E-state index contributed by atoms with van der Waals surface area (Å²) in [6.07, 6.45) is 3.80. The third kappa shape index (κ3) is 1.60. The molecule has 1 aliphatic carbocycles. The zero-order chi connectivity index (χ0) is 10.1. The Kier molecular flexibility index (Phi) is 2.66. The quantitative estimate of drug-likeness (QED) is 0.682. The highest BCUT2D eigenvalue weighted by atomic mass is 16.2. The van der Waals surface area contributed by atoms with Gasteiger partial charge < -0.3 is 10.2 Å². The summed E-state index contributed by atoms with van der Waals surface area (Å²) in [6.45, 7) is 6.34. The predicted molar refractivity (Wildman–Crippen MR) is 56.1 cm³/mol. The molecular formula is C11H20N2O. The number of hydrogen-bond acceptors (Lipinski definition) is 1. The number of nitrogens with one attached hydrogen (secondary N) is 1. The monoisotopic (exact) mass is 196 g/mol. The Morgan fingerprint density at radius 1 is 1.36 bits per heavy atom. The summed E-state index contributed by atoms with van der Waals surface area (Å²) < 4.78 is 0. The van der Waals surface area contributed by atoms with Gasteiger partial charge in [0.05, 0.1) is 0 Å². The minimum absolute atomic E-state index is 0.149. The molecule has 2 aliphatic rings. The average Bonchev–Trinajstić information content (AvgIpc) is 2.57. The van der Waals surface area contributed by atoms with Crippen LogP contribution in [0.1, 0.15) is 33.1 Å². The molecule has 2 fully saturated rings. The Bertz CT molecular complexity index is 229. The number of urea groups is 1. The minimum atomic E-state index is 0.149. The van der Waals surface area contributed by atoms with Crippen LogP contribution in [0, 0.1) is 11.8 Å². The first-order chi connectivity index (χ1) is 6.70. The predicted octanol–water partition coefficient (Wildman–Crippen LogP) is 1.84. The molecule has 2 rings (SSSR count). The van der Waals surface area contributed by atoms with E-state index in [-0.39, 0.29) is 6.03 Å². The topological polar surface area (TPSA) is 32.3 Å². The van der Waals surface area contributed by atoms with E-state index in [4.69, 9.17) is 0 Å². The zero-order valence-corrected chi connectivity index (χ0v) is 9.12. The smallest absolute Gasteiger partial charge is 0.317 e. The molecule has 0 aromatic rings. The second-order valence-corrected chi connectivity index (χ2v) is 4.76. The Labute approximate surface area is 85.8 Å². The van der Waals surface area contributed by atoms with Gasteiger partial charge >= 0.3 is 6.03 Å². The van der Waals surface area contributed by atoms with Crippen molar-refractivity contribution < 1.29 is 4.79 Å². The number of rotatable bonds is 1. The fraction of sp³-hybridized carbons (Fsp3) is 0.909. The van der Waals surface area contributed by atoms with Crippen molar-refractivity contribution in [3.63, 3.8) is 0 Å². The first-order valence-corrected chi connectivity index (χ1v) is 5.74. The van der Waals surface area contributed by atoms with Gasteiger partial charge in [-0.15, -0.1) is 0 Å². The number of nitrogens with zero attached hydrogens (tertiary/aromatic N) is 1. The summed E-state index contributed by atoms with van der Waals surface area (Å²) in [7, 11) is 0. The van der Waals surface area contributed by atoms with Crippen LogP contribution in [0.15, 0.2) is 0 Å². The van der Waals surface area contributed by atoms with Gasteiger partial charge in [0.15, 0.2) is 0 Å². The van der Waals surface area contributed by atoms with Crippen molar-refractivity contribution in [3.05, 3.63) is 0 Å². The summed E-state index contributed by atoms with van der Waals surface area (Å²) >= 11 is 0. The van der Waals surface area contributed by atoms with E-state index in [1.165, 1.54) is 19.3 Å². The van der Waals surface area contributed by atoms with Crippen molar-refractivity contribution in [2.75, 3.05) is 13.1 Å². The summed E-state index contributed by atoms with van der Waals surface area (Å²) in [4.78, 5) is 13.6. The van der Waals surface area contributed by atoms with E-state index in [0.29, 0.717) is 12.0 Å². The van der Waals surface area contributed by atoms with Crippen LogP contribution in [0.5, 0.6) is 0 Å². The minimum Gasteiger partial charge on any atom is -0.336 e. The maximum Gasteiger partial charge on any atom is 0.317 e. The van der Waals surface area contributed by atoms with E-state index in [0.717, 1.165) is 19.0 Å². The maximum atomic E-state index is 11.5. The van der Waals surface area contributed by atoms with E-state index >= 15 is 0 Å². The van der Waals surface area contributed by atoms with Crippen LogP contribution in [-0.2, 0) is 0 Å². The lowest BCUT2D eigenvalue weighted by molar-refractivity contribution is 0.117. The first kappa shape index (κ1) is 9.81. The third-order valence-electron chi connectivity index (χ3n) is 3.95. The van der Waals surface area contributed by atoms with Gasteiger partial charge in [0, 0.05) is 19.1 Å². The molecule has 0 spiro atoms. The van der Waals surface area contributed by atoms with E-state index in [2.05, 4.69) is 19.2 Å².